The van der Waals surface area contributed by atoms with Gasteiger partial charge in [0.1, 0.15) is 10.7 Å². The number of hydrogen-bond acceptors (Lipinski definition) is 8. The zero-order chi connectivity index (χ0) is 23.8. The number of rotatable bonds is 4. The average molecular weight is 479 g/mol. The normalized spacial score (nSPS) is 18.7. The van der Waals surface area contributed by atoms with E-state index in [1.807, 2.05) is 30.1 Å². The molecular weight excluding hydrogens is 456 g/mol. The summed E-state index contributed by atoms with van der Waals surface area (Å²) in [5, 5.41) is 11.0. The fourth-order valence-corrected chi connectivity index (χ4v) is 4.36. The van der Waals surface area contributed by atoms with Gasteiger partial charge in [-0.05, 0) is 37.5 Å². The standard InChI is InChI=1S/C23H23ClN8O2/c1-13-3-4-19(32-26-6-7-27-32)16(9-13)20(33)17-12-28-31(8-5-14(17)2)23-25-11-15-10-18(24)22(34)29-21(15)30-23/h3-4,6-7,9-11,14,17,28H,5,8,12H2,1-2H3,(H,25,29,30,34)/t14-,17?/m1/s1. The molecule has 0 aliphatic carbocycles. The van der Waals surface area contributed by atoms with E-state index in [1.54, 1.807) is 24.7 Å². The van der Waals surface area contributed by atoms with E-state index in [9.17, 15) is 9.59 Å². The minimum Gasteiger partial charge on any atom is -0.305 e. The second kappa shape index (κ2) is 8.96. The van der Waals surface area contributed by atoms with Crippen LogP contribution in [-0.4, -0.2) is 48.8 Å². The average Bonchev–Trinajstić information content (AvgIpc) is 3.29. The van der Waals surface area contributed by atoms with Crippen molar-refractivity contribution in [2.75, 3.05) is 18.1 Å². The Balaban J connectivity index is 1.41. The molecule has 4 heterocycles. The number of anilines is 1. The third kappa shape index (κ3) is 4.17. The number of ketones is 1. The van der Waals surface area contributed by atoms with E-state index in [-0.39, 0.29) is 22.6 Å². The number of aromatic amines is 1. The van der Waals surface area contributed by atoms with Crippen molar-refractivity contribution in [3.05, 3.63) is 69.4 Å². The number of hydrogen-bond donors (Lipinski definition) is 2. The van der Waals surface area contributed by atoms with Crippen molar-refractivity contribution >= 4 is 34.4 Å². The van der Waals surface area contributed by atoms with Crippen LogP contribution in [0, 0.1) is 18.8 Å². The van der Waals surface area contributed by atoms with Gasteiger partial charge in [-0.3, -0.25) is 14.6 Å². The molecular formula is C23H23ClN8O2. The molecule has 1 unspecified atom stereocenters. The van der Waals surface area contributed by atoms with Crippen LogP contribution in [0.3, 0.4) is 0 Å². The van der Waals surface area contributed by atoms with Crippen molar-refractivity contribution in [3.8, 4) is 5.69 Å². The van der Waals surface area contributed by atoms with Gasteiger partial charge in [0.05, 0.1) is 18.1 Å². The summed E-state index contributed by atoms with van der Waals surface area (Å²) in [6.07, 6.45) is 5.55. The Hall–Kier alpha value is -3.63. The van der Waals surface area contributed by atoms with Gasteiger partial charge in [-0.1, -0.05) is 30.2 Å². The van der Waals surface area contributed by atoms with Gasteiger partial charge in [0.2, 0.25) is 5.95 Å². The van der Waals surface area contributed by atoms with E-state index in [2.05, 4.69) is 37.5 Å². The molecule has 34 heavy (non-hydrogen) atoms. The molecule has 11 heteroatoms. The van der Waals surface area contributed by atoms with Gasteiger partial charge < -0.3 is 4.98 Å². The monoisotopic (exact) mass is 478 g/mol. The second-order valence-electron chi connectivity index (χ2n) is 8.51. The van der Waals surface area contributed by atoms with Gasteiger partial charge in [0, 0.05) is 36.2 Å². The maximum absolute atomic E-state index is 13.7. The van der Waals surface area contributed by atoms with Gasteiger partial charge in [0.15, 0.2) is 5.78 Å². The van der Waals surface area contributed by atoms with Gasteiger partial charge in [-0.2, -0.15) is 20.0 Å². The lowest BCUT2D eigenvalue weighted by Crippen LogP contribution is -2.41. The summed E-state index contributed by atoms with van der Waals surface area (Å²) in [4.78, 5) is 38.7. The van der Waals surface area contributed by atoms with Crippen LogP contribution < -0.4 is 16.0 Å². The number of carbonyl (C=O) groups is 1. The Kier molecular flexibility index (Phi) is 5.84. The van der Waals surface area contributed by atoms with E-state index in [0.29, 0.717) is 41.3 Å². The van der Waals surface area contributed by atoms with Crippen molar-refractivity contribution in [1.29, 1.82) is 0 Å². The first-order valence-corrected chi connectivity index (χ1v) is 11.4. The highest BCUT2D eigenvalue weighted by Gasteiger charge is 2.32. The fourth-order valence-electron chi connectivity index (χ4n) is 4.19. The van der Waals surface area contributed by atoms with Crippen LogP contribution in [0.2, 0.25) is 5.02 Å². The zero-order valence-electron chi connectivity index (χ0n) is 18.7. The molecule has 1 saturated heterocycles. The Morgan fingerprint density at radius 1 is 1.21 bits per heavy atom. The van der Waals surface area contributed by atoms with Crippen molar-refractivity contribution in [2.24, 2.45) is 11.8 Å². The van der Waals surface area contributed by atoms with Crippen LogP contribution in [0.25, 0.3) is 16.7 Å². The molecule has 2 atom stereocenters. The summed E-state index contributed by atoms with van der Waals surface area (Å²) < 4.78 is 0. The predicted molar refractivity (Wildman–Crippen MR) is 128 cm³/mol. The number of halogens is 1. The first-order valence-electron chi connectivity index (χ1n) is 11.0. The third-order valence-electron chi connectivity index (χ3n) is 6.16. The van der Waals surface area contributed by atoms with E-state index in [0.717, 1.165) is 12.0 Å². The largest absolute Gasteiger partial charge is 0.305 e. The molecule has 5 rings (SSSR count). The zero-order valence-corrected chi connectivity index (χ0v) is 19.5. The maximum Gasteiger partial charge on any atom is 0.268 e. The number of carbonyl (C=O) groups excluding carboxylic acids is 1. The molecule has 0 amide bonds. The summed E-state index contributed by atoms with van der Waals surface area (Å²) >= 11 is 5.90. The highest BCUT2D eigenvalue weighted by molar-refractivity contribution is 6.30. The Labute approximate surface area is 200 Å². The lowest BCUT2D eigenvalue weighted by molar-refractivity contribution is 0.0881. The Bertz CT molecular complexity index is 1420. The summed E-state index contributed by atoms with van der Waals surface area (Å²) in [6, 6.07) is 7.25. The molecule has 3 aromatic heterocycles. The lowest BCUT2D eigenvalue weighted by Gasteiger charge is -2.22. The summed E-state index contributed by atoms with van der Waals surface area (Å²) in [7, 11) is 0. The number of fused-ring (bicyclic) bond motifs is 1. The lowest BCUT2D eigenvalue weighted by atomic mass is 9.84. The van der Waals surface area contributed by atoms with Crippen molar-refractivity contribution in [1.82, 2.24) is 35.4 Å². The molecule has 1 aromatic carbocycles. The number of Topliss-reactive ketones (excluding diaryl/α,β-unsaturated/α-hetero) is 1. The Morgan fingerprint density at radius 3 is 2.79 bits per heavy atom. The van der Waals surface area contributed by atoms with Crippen LogP contribution >= 0.6 is 11.6 Å². The second-order valence-corrected chi connectivity index (χ2v) is 8.92. The van der Waals surface area contributed by atoms with Gasteiger partial charge >= 0.3 is 0 Å². The van der Waals surface area contributed by atoms with Crippen LogP contribution in [-0.2, 0) is 0 Å². The molecule has 1 fully saturated rings. The first-order chi connectivity index (χ1) is 16.4. The molecule has 10 nitrogen and oxygen atoms in total. The molecule has 0 saturated carbocycles. The number of nitrogens with one attached hydrogen (secondary N) is 2. The van der Waals surface area contributed by atoms with E-state index < -0.39 is 5.56 Å². The number of benzene rings is 1. The third-order valence-corrected chi connectivity index (χ3v) is 6.44. The smallest absolute Gasteiger partial charge is 0.268 e. The van der Waals surface area contributed by atoms with Gasteiger partial charge in [-0.15, -0.1) is 0 Å². The predicted octanol–water partition coefficient (Wildman–Crippen LogP) is 2.71. The number of nitrogens with zero attached hydrogens (tertiary/aromatic N) is 6. The highest BCUT2D eigenvalue weighted by Crippen LogP contribution is 2.27. The van der Waals surface area contributed by atoms with Crippen molar-refractivity contribution in [3.63, 3.8) is 0 Å². The Morgan fingerprint density at radius 2 is 2.00 bits per heavy atom. The summed E-state index contributed by atoms with van der Waals surface area (Å²) in [6.45, 7) is 5.06. The molecule has 0 bridgehead atoms. The molecule has 2 N–H and O–H groups in total. The summed E-state index contributed by atoms with van der Waals surface area (Å²) in [5.41, 5.74) is 5.58. The van der Waals surface area contributed by atoms with Crippen LogP contribution in [0.15, 0.2) is 47.7 Å². The number of pyridine rings is 1. The fraction of sp³-hybridized carbons (Fsp3) is 0.304. The number of hydrazine groups is 1. The SMILES string of the molecule is Cc1ccc(-n2nccn2)c(C(=O)C2CNN(c3ncc4cc(Cl)c(=O)[nH]c4n3)CC[C@H]2C)c1. The van der Waals surface area contributed by atoms with E-state index in [4.69, 9.17) is 11.6 Å². The molecule has 4 aromatic rings. The number of aryl methyl sites for hydroxylation is 1. The van der Waals surface area contributed by atoms with Crippen molar-refractivity contribution < 1.29 is 4.79 Å². The molecule has 0 radical (unpaired) electrons. The molecule has 174 valence electrons. The molecule has 1 aliphatic rings. The molecule has 0 spiro atoms. The van der Waals surface area contributed by atoms with Crippen LogP contribution in [0.5, 0.6) is 0 Å². The van der Waals surface area contributed by atoms with Crippen LogP contribution in [0.4, 0.5) is 5.95 Å². The minimum absolute atomic E-state index is 0.0382. The highest BCUT2D eigenvalue weighted by atomic mass is 35.5. The van der Waals surface area contributed by atoms with Crippen LogP contribution in [0.1, 0.15) is 29.3 Å². The number of aromatic nitrogens is 6. The van der Waals surface area contributed by atoms with E-state index >= 15 is 0 Å². The molecule has 1 aliphatic heterocycles. The van der Waals surface area contributed by atoms with E-state index in [1.165, 1.54) is 4.80 Å². The quantitative estimate of drug-likeness (QED) is 0.429. The minimum atomic E-state index is -0.400. The van der Waals surface area contributed by atoms with Crippen molar-refractivity contribution in [2.45, 2.75) is 20.3 Å². The van der Waals surface area contributed by atoms with Gasteiger partial charge in [-0.25, -0.2) is 10.4 Å². The first kappa shape index (κ1) is 22.2. The maximum atomic E-state index is 13.7. The topological polar surface area (TPSA) is 122 Å². The van der Waals surface area contributed by atoms with Gasteiger partial charge in [0.25, 0.3) is 5.56 Å². The summed E-state index contributed by atoms with van der Waals surface area (Å²) in [5.74, 6) is 0.308. The number of H-pyrrole nitrogens is 1.